The number of rotatable bonds is 5. The zero-order valence-corrected chi connectivity index (χ0v) is 12.0. The van der Waals surface area contributed by atoms with Gasteiger partial charge in [-0.05, 0) is 25.3 Å². The van der Waals surface area contributed by atoms with Gasteiger partial charge in [0.25, 0.3) is 0 Å². The normalized spacial score (nSPS) is 12.2. The van der Waals surface area contributed by atoms with Crippen LogP contribution in [0.25, 0.3) is 0 Å². The summed E-state index contributed by atoms with van der Waals surface area (Å²) in [7, 11) is 0. The Labute approximate surface area is 118 Å². The van der Waals surface area contributed by atoms with E-state index in [1.165, 1.54) is 5.56 Å². The van der Waals surface area contributed by atoms with Crippen molar-refractivity contribution in [3.63, 3.8) is 0 Å². The molecule has 0 saturated heterocycles. The molecular formula is C15H19N3O2. The summed E-state index contributed by atoms with van der Waals surface area (Å²) in [5.74, 6) is 0.829. The van der Waals surface area contributed by atoms with Crippen LogP contribution in [-0.2, 0) is 11.3 Å². The summed E-state index contributed by atoms with van der Waals surface area (Å²) in [6, 6.07) is 10.2. The van der Waals surface area contributed by atoms with Gasteiger partial charge in [0.15, 0.2) is 0 Å². The Morgan fingerprint density at radius 3 is 2.65 bits per heavy atom. The topological polar surface area (TPSA) is 57.0 Å². The number of benzene rings is 1. The minimum atomic E-state index is -0.423. The summed E-state index contributed by atoms with van der Waals surface area (Å²) in [5.41, 5.74) is 1.22. The minimum absolute atomic E-state index is 0.263. The number of aryl methyl sites for hydroxylation is 1. The quantitative estimate of drug-likeness (QED) is 0.786. The van der Waals surface area contributed by atoms with Crippen molar-refractivity contribution in [3.05, 3.63) is 47.5 Å². The van der Waals surface area contributed by atoms with Crippen LogP contribution in [0.2, 0.25) is 0 Å². The van der Waals surface area contributed by atoms with Crippen molar-refractivity contribution in [3.8, 4) is 0 Å². The Kier molecular flexibility index (Phi) is 4.50. The number of esters is 1. The summed E-state index contributed by atoms with van der Waals surface area (Å²) in [6.07, 6.45) is 0. The molecule has 1 aromatic carbocycles. The van der Waals surface area contributed by atoms with Gasteiger partial charge < -0.3 is 9.30 Å². The minimum Gasteiger partial charge on any atom is -0.460 e. The molecule has 0 N–H and O–H groups in total. The van der Waals surface area contributed by atoms with Crippen molar-refractivity contribution >= 4 is 5.97 Å². The van der Waals surface area contributed by atoms with E-state index in [0.29, 0.717) is 13.2 Å². The molecule has 0 radical (unpaired) electrons. The highest BCUT2D eigenvalue weighted by atomic mass is 16.5. The number of nitrogens with zero attached hydrogens (tertiary/aromatic N) is 3. The van der Waals surface area contributed by atoms with Gasteiger partial charge in [-0.15, -0.1) is 10.2 Å². The molecule has 0 aliphatic rings. The van der Waals surface area contributed by atoms with Crippen LogP contribution in [0, 0.1) is 6.92 Å². The second-order valence-electron chi connectivity index (χ2n) is 4.71. The summed E-state index contributed by atoms with van der Waals surface area (Å²) in [4.78, 5) is 11.9. The third-order valence-corrected chi connectivity index (χ3v) is 3.22. The van der Waals surface area contributed by atoms with E-state index in [9.17, 15) is 4.79 Å². The molecule has 0 bridgehead atoms. The maximum Gasteiger partial charge on any atom is 0.376 e. The van der Waals surface area contributed by atoms with Gasteiger partial charge in [-0.1, -0.05) is 37.3 Å². The van der Waals surface area contributed by atoms with E-state index >= 15 is 0 Å². The van der Waals surface area contributed by atoms with Crippen LogP contribution < -0.4 is 0 Å². The van der Waals surface area contributed by atoms with Gasteiger partial charge in [-0.25, -0.2) is 4.79 Å². The molecule has 1 atom stereocenters. The third kappa shape index (κ3) is 3.04. The smallest absolute Gasteiger partial charge is 0.376 e. The summed E-state index contributed by atoms with van der Waals surface area (Å²) in [5, 5.41) is 7.90. The molecule has 1 aromatic heterocycles. The largest absolute Gasteiger partial charge is 0.460 e. The maximum atomic E-state index is 11.9. The van der Waals surface area contributed by atoms with Crippen LogP contribution in [0.15, 0.2) is 30.3 Å². The van der Waals surface area contributed by atoms with Crippen molar-refractivity contribution in [2.75, 3.05) is 6.61 Å². The van der Waals surface area contributed by atoms with E-state index in [-0.39, 0.29) is 11.7 Å². The highest BCUT2D eigenvalue weighted by Gasteiger charge is 2.19. The van der Waals surface area contributed by atoms with Crippen molar-refractivity contribution in [2.45, 2.75) is 33.2 Å². The van der Waals surface area contributed by atoms with Crippen LogP contribution in [0.4, 0.5) is 0 Å². The zero-order valence-electron chi connectivity index (χ0n) is 12.0. The highest BCUT2D eigenvalue weighted by molar-refractivity contribution is 5.85. The fraction of sp³-hybridized carbons (Fsp3) is 0.400. The monoisotopic (exact) mass is 273 g/mol. The Morgan fingerprint density at radius 2 is 2.00 bits per heavy atom. The van der Waals surface area contributed by atoms with Gasteiger partial charge in [0.05, 0.1) is 6.61 Å². The maximum absolute atomic E-state index is 11.9. The number of ether oxygens (including phenoxy) is 1. The van der Waals surface area contributed by atoms with E-state index < -0.39 is 5.97 Å². The van der Waals surface area contributed by atoms with Crippen LogP contribution in [0.3, 0.4) is 0 Å². The predicted octanol–water partition coefficient (Wildman–Crippen LogP) is 2.57. The van der Waals surface area contributed by atoms with Crippen molar-refractivity contribution in [1.29, 1.82) is 0 Å². The van der Waals surface area contributed by atoms with Crippen molar-refractivity contribution in [2.24, 2.45) is 0 Å². The number of carbonyl (C=O) groups is 1. The highest BCUT2D eigenvalue weighted by Crippen LogP contribution is 2.18. The van der Waals surface area contributed by atoms with E-state index in [1.54, 1.807) is 6.92 Å². The van der Waals surface area contributed by atoms with Gasteiger partial charge in [-0.2, -0.15) is 0 Å². The Hall–Kier alpha value is -2.17. The van der Waals surface area contributed by atoms with Crippen LogP contribution in [0.5, 0.6) is 0 Å². The molecule has 5 nitrogen and oxygen atoms in total. The molecule has 0 aliphatic carbocycles. The number of aromatic nitrogens is 3. The van der Waals surface area contributed by atoms with E-state index in [0.717, 1.165) is 5.82 Å². The van der Waals surface area contributed by atoms with Crippen molar-refractivity contribution < 1.29 is 9.53 Å². The molecule has 0 amide bonds. The van der Waals surface area contributed by atoms with Crippen LogP contribution >= 0.6 is 0 Å². The molecule has 1 unspecified atom stereocenters. The first kappa shape index (κ1) is 14.2. The Morgan fingerprint density at radius 1 is 1.30 bits per heavy atom. The number of carbonyl (C=O) groups excluding carboxylic acids is 1. The molecule has 0 fully saturated rings. The van der Waals surface area contributed by atoms with Gasteiger partial charge >= 0.3 is 5.97 Å². The first-order chi connectivity index (χ1) is 9.63. The second-order valence-corrected chi connectivity index (χ2v) is 4.71. The average molecular weight is 273 g/mol. The lowest BCUT2D eigenvalue weighted by atomic mass is 10.0. The second kappa shape index (κ2) is 6.32. The molecular weight excluding hydrogens is 254 g/mol. The molecule has 0 saturated carbocycles. The molecule has 0 aliphatic heterocycles. The summed E-state index contributed by atoms with van der Waals surface area (Å²) < 4.78 is 6.82. The first-order valence-electron chi connectivity index (χ1n) is 6.75. The fourth-order valence-electron chi connectivity index (χ4n) is 2.11. The van der Waals surface area contributed by atoms with Gasteiger partial charge in [0, 0.05) is 6.54 Å². The lowest BCUT2D eigenvalue weighted by Gasteiger charge is -2.15. The molecule has 5 heteroatoms. The fourth-order valence-corrected chi connectivity index (χ4v) is 2.11. The lowest BCUT2D eigenvalue weighted by Crippen LogP contribution is -2.17. The Bertz CT molecular complexity index is 578. The number of hydrogen-bond donors (Lipinski definition) is 0. The molecule has 20 heavy (non-hydrogen) atoms. The van der Waals surface area contributed by atoms with E-state index in [1.807, 2.05) is 29.7 Å². The molecule has 1 heterocycles. The van der Waals surface area contributed by atoms with Crippen molar-refractivity contribution in [1.82, 2.24) is 14.8 Å². The zero-order chi connectivity index (χ0) is 14.5. The predicted molar refractivity (Wildman–Crippen MR) is 75.6 cm³/mol. The summed E-state index contributed by atoms with van der Waals surface area (Å²) >= 11 is 0. The van der Waals surface area contributed by atoms with Gasteiger partial charge in [-0.3, -0.25) is 0 Å². The third-order valence-electron chi connectivity index (χ3n) is 3.22. The van der Waals surface area contributed by atoms with E-state index in [4.69, 9.17) is 4.74 Å². The van der Waals surface area contributed by atoms with Crippen LogP contribution in [0.1, 0.15) is 41.8 Å². The first-order valence-corrected chi connectivity index (χ1v) is 6.75. The molecule has 106 valence electrons. The Balaban J connectivity index is 2.21. The standard InChI is InChI=1S/C15H19N3O2/c1-4-20-15(19)14-17-16-12(3)18(14)10-11(2)13-8-6-5-7-9-13/h5-9,11H,4,10H2,1-3H3. The van der Waals surface area contributed by atoms with E-state index in [2.05, 4.69) is 29.3 Å². The molecule has 2 aromatic rings. The number of hydrogen-bond acceptors (Lipinski definition) is 4. The molecule has 2 rings (SSSR count). The average Bonchev–Trinajstić information content (AvgIpc) is 2.81. The molecule has 0 spiro atoms. The lowest BCUT2D eigenvalue weighted by molar-refractivity contribution is 0.0505. The summed E-state index contributed by atoms with van der Waals surface area (Å²) in [6.45, 7) is 6.71. The van der Waals surface area contributed by atoms with Gasteiger partial charge in [0.2, 0.25) is 5.82 Å². The SMILES string of the molecule is CCOC(=O)c1nnc(C)n1CC(C)c1ccccc1. The van der Waals surface area contributed by atoms with Gasteiger partial charge in [0.1, 0.15) is 5.82 Å². The van der Waals surface area contributed by atoms with Crippen LogP contribution in [-0.4, -0.2) is 27.3 Å².